The molecule has 0 saturated heterocycles. The van der Waals surface area contributed by atoms with Gasteiger partial charge in [0, 0.05) is 13.2 Å². The van der Waals surface area contributed by atoms with Crippen LogP contribution in [0, 0.1) is 0 Å². The minimum Gasteiger partial charge on any atom is -0.377 e. The molecule has 1 unspecified atom stereocenters. The highest BCUT2D eigenvalue weighted by molar-refractivity contribution is 5.14. The van der Waals surface area contributed by atoms with Gasteiger partial charge in [0.1, 0.15) is 0 Å². The molecule has 0 radical (unpaired) electrons. The zero-order valence-electron chi connectivity index (χ0n) is 11.8. The van der Waals surface area contributed by atoms with Gasteiger partial charge >= 0.3 is 0 Å². The van der Waals surface area contributed by atoms with Crippen LogP contribution in [0.5, 0.6) is 0 Å². The Morgan fingerprint density at radius 3 is 2.61 bits per heavy atom. The zero-order chi connectivity index (χ0) is 13.1. The van der Waals surface area contributed by atoms with Crippen LogP contribution in [0.2, 0.25) is 0 Å². The lowest BCUT2D eigenvalue weighted by molar-refractivity contribution is 0.0460. The van der Waals surface area contributed by atoms with E-state index in [-0.39, 0.29) is 0 Å². The molecule has 1 aromatic carbocycles. The van der Waals surface area contributed by atoms with Gasteiger partial charge in [-0.2, -0.15) is 0 Å². The first-order valence-corrected chi connectivity index (χ1v) is 7.23. The highest BCUT2D eigenvalue weighted by Gasteiger charge is 2.06. The van der Waals surface area contributed by atoms with E-state index < -0.39 is 0 Å². The van der Waals surface area contributed by atoms with Crippen molar-refractivity contribution < 1.29 is 4.74 Å². The molecule has 102 valence electrons. The largest absolute Gasteiger partial charge is 0.377 e. The monoisotopic (exact) mass is 249 g/mol. The van der Waals surface area contributed by atoms with Gasteiger partial charge in [-0.25, -0.2) is 0 Å². The summed E-state index contributed by atoms with van der Waals surface area (Å²) in [5.41, 5.74) is 1.40. The van der Waals surface area contributed by atoms with Gasteiger partial charge in [-0.1, -0.05) is 50.6 Å². The fraction of sp³-hybridized carbons (Fsp3) is 0.625. The van der Waals surface area contributed by atoms with Crippen molar-refractivity contribution in [2.75, 3.05) is 19.7 Å². The number of hydrogen-bond acceptors (Lipinski definition) is 2. The number of aryl methyl sites for hydroxylation is 1. The predicted octanol–water partition coefficient (Wildman–Crippen LogP) is 3.41. The molecule has 0 bridgehead atoms. The lowest BCUT2D eigenvalue weighted by Gasteiger charge is -2.17. The van der Waals surface area contributed by atoms with Gasteiger partial charge in [0.25, 0.3) is 0 Å². The number of hydrogen-bond donors (Lipinski definition) is 1. The van der Waals surface area contributed by atoms with Gasteiger partial charge in [-0.3, -0.25) is 0 Å². The summed E-state index contributed by atoms with van der Waals surface area (Å²) in [5, 5.41) is 3.37. The first-order chi connectivity index (χ1) is 8.86. The quantitative estimate of drug-likeness (QED) is 0.642. The second-order valence-corrected chi connectivity index (χ2v) is 4.68. The van der Waals surface area contributed by atoms with E-state index in [1.807, 2.05) is 0 Å². The molecule has 0 aliphatic rings. The maximum atomic E-state index is 5.94. The van der Waals surface area contributed by atoms with Crippen LogP contribution in [-0.4, -0.2) is 25.8 Å². The maximum Gasteiger partial charge on any atom is 0.0699 e. The summed E-state index contributed by atoms with van der Waals surface area (Å²) in [7, 11) is 0. The minimum absolute atomic E-state index is 0.380. The molecule has 18 heavy (non-hydrogen) atoms. The van der Waals surface area contributed by atoms with E-state index in [2.05, 4.69) is 49.5 Å². The molecule has 0 saturated carbocycles. The number of rotatable bonds is 10. The van der Waals surface area contributed by atoms with E-state index in [0.717, 1.165) is 39.0 Å². The van der Waals surface area contributed by atoms with Crippen molar-refractivity contribution in [2.45, 2.75) is 45.6 Å². The Balaban J connectivity index is 2.14. The van der Waals surface area contributed by atoms with Crippen molar-refractivity contribution in [1.82, 2.24) is 5.32 Å². The van der Waals surface area contributed by atoms with Gasteiger partial charge in [-0.15, -0.1) is 0 Å². The normalized spacial score (nSPS) is 12.6. The topological polar surface area (TPSA) is 21.3 Å². The third-order valence-corrected chi connectivity index (χ3v) is 3.04. The molecule has 0 heterocycles. The van der Waals surface area contributed by atoms with Gasteiger partial charge in [-0.05, 0) is 31.4 Å². The molecule has 0 spiro atoms. The Morgan fingerprint density at radius 1 is 1.17 bits per heavy atom. The predicted molar refractivity (Wildman–Crippen MR) is 78.0 cm³/mol. The van der Waals surface area contributed by atoms with Gasteiger partial charge in [0.2, 0.25) is 0 Å². The SMILES string of the molecule is CCCC(CNCC)OCCCc1ccccc1. The fourth-order valence-corrected chi connectivity index (χ4v) is 2.04. The van der Waals surface area contributed by atoms with Crippen LogP contribution in [0.3, 0.4) is 0 Å². The summed E-state index contributed by atoms with van der Waals surface area (Å²) in [5.74, 6) is 0. The number of nitrogens with one attached hydrogen (secondary N) is 1. The first kappa shape index (κ1) is 15.2. The molecule has 2 nitrogen and oxygen atoms in total. The van der Waals surface area contributed by atoms with E-state index in [1.54, 1.807) is 0 Å². The molecule has 0 fully saturated rings. The average Bonchev–Trinajstić information content (AvgIpc) is 2.42. The summed E-state index contributed by atoms with van der Waals surface area (Å²) in [6.07, 6.45) is 4.94. The standard InChI is InChI=1S/C16H27NO/c1-3-9-16(14-17-4-2)18-13-8-12-15-10-6-5-7-11-15/h5-7,10-11,16-17H,3-4,8-9,12-14H2,1-2H3. The molecule has 0 aromatic heterocycles. The lowest BCUT2D eigenvalue weighted by Crippen LogP contribution is -2.29. The molecule has 0 amide bonds. The summed E-state index contributed by atoms with van der Waals surface area (Å²) in [6.45, 7) is 7.22. The van der Waals surface area contributed by atoms with Crippen LogP contribution in [0.25, 0.3) is 0 Å². The molecule has 1 aromatic rings. The molecular formula is C16H27NO. The first-order valence-electron chi connectivity index (χ1n) is 7.23. The molecule has 0 aliphatic heterocycles. The average molecular weight is 249 g/mol. The number of likely N-dealkylation sites (N-methyl/N-ethyl adjacent to an activating group) is 1. The van der Waals surface area contributed by atoms with Crippen LogP contribution < -0.4 is 5.32 Å². The lowest BCUT2D eigenvalue weighted by atomic mass is 10.1. The second-order valence-electron chi connectivity index (χ2n) is 4.68. The summed E-state index contributed by atoms with van der Waals surface area (Å²) in [6, 6.07) is 10.6. The Morgan fingerprint density at radius 2 is 1.94 bits per heavy atom. The zero-order valence-corrected chi connectivity index (χ0v) is 11.8. The van der Waals surface area contributed by atoms with Crippen molar-refractivity contribution >= 4 is 0 Å². The summed E-state index contributed by atoms with van der Waals surface area (Å²) < 4.78 is 5.94. The Hall–Kier alpha value is -0.860. The summed E-state index contributed by atoms with van der Waals surface area (Å²) in [4.78, 5) is 0. The highest BCUT2D eigenvalue weighted by atomic mass is 16.5. The van der Waals surface area contributed by atoms with Crippen molar-refractivity contribution in [1.29, 1.82) is 0 Å². The van der Waals surface area contributed by atoms with Crippen LogP contribution in [0.4, 0.5) is 0 Å². The minimum atomic E-state index is 0.380. The van der Waals surface area contributed by atoms with Crippen LogP contribution in [0.15, 0.2) is 30.3 Å². The van der Waals surface area contributed by atoms with E-state index in [0.29, 0.717) is 6.10 Å². The van der Waals surface area contributed by atoms with E-state index in [4.69, 9.17) is 4.74 Å². The van der Waals surface area contributed by atoms with E-state index >= 15 is 0 Å². The molecule has 1 N–H and O–H groups in total. The van der Waals surface area contributed by atoms with E-state index in [1.165, 1.54) is 12.0 Å². The number of ether oxygens (including phenoxy) is 1. The number of benzene rings is 1. The highest BCUT2D eigenvalue weighted by Crippen LogP contribution is 2.05. The van der Waals surface area contributed by atoms with Crippen molar-refractivity contribution in [3.05, 3.63) is 35.9 Å². The molecular weight excluding hydrogens is 222 g/mol. The van der Waals surface area contributed by atoms with Crippen LogP contribution in [0.1, 0.15) is 38.7 Å². The van der Waals surface area contributed by atoms with Crippen LogP contribution in [-0.2, 0) is 11.2 Å². The van der Waals surface area contributed by atoms with E-state index in [9.17, 15) is 0 Å². The Bertz CT molecular complexity index is 286. The third kappa shape index (κ3) is 6.77. The smallest absolute Gasteiger partial charge is 0.0699 e. The van der Waals surface area contributed by atoms with Crippen LogP contribution >= 0.6 is 0 Å². The molecule has 1 rings (SSSR count). The Labute approximate surface area is 112 Å². The Kier molecular flexibility index (Phi) is 8.53. The van der Waals surface area contributed by atoms with Gasteiger partial charge in [0.05, 0.1) is 6.10 Å². The molecule has 1 atom stereocenters. The van der Waals surface area contributed by atoms with Crippen molar-refractivity contribution in [3.63, 3.8) is 0 Å². The summed E-state index contributed by atoms with van der Waals surface area (Å²) >= 11 is 0. The maximum absolute atomic E-state index is 5.94. The fourth-order valence-electron chi connectivity index (χ4n) is 2.04. The van der Waals surface area contributed by atoms with Gasteiger partial charge < -0.3 is 10.1 Å². The van der Waals surface area contributed by atoms with Gasteiger partial charge in [0.15, 0.2) is 0 Å². The third-order valence-electron chi connectivity index (χ3n) is 3.04. The van der Waals surface area contributed by atoms with Crippen molar-refractivity contribution in [2.24, 2.45) is 0 Å². The molecule has 2 heteroatoms. The van der Waals surface area contributed by atoms with Crippen molar-refractivity contribution in [3.8, 4) is 0 Å². The molecule has 0 aliphatic carbocycles. The second kappa shape index (κ2) is 10.1.